The van der Waals surface area contributed by atoms with E-state index >= 15 is 0 Å². The number of benzene rings is 3. The van der Waals surface area contributed by atoms with Crippen LogP contribution in [0.5, 0.6) is 5.75 Å². The van der Waals surface area contributed by atoms with Gasteiger partial charge in [0, 0.05) is 5.69 Å². The highest BCUT2D eigenvalue weighted by molar-refractivity contribution is 5.96. The van der Waals surface area contributed by atoms with Gasteiger partial charge in [-0.15, -0.1) is 0 Å². The second kappa shape index (κ2) is 7.31. The fourth-order valence-corrected chi connectivity index (χ4v) is 2.81. The van der Waals surface area contributed by atoms with Crippen molar-refractivity contribution in [2.45, 2.75) is 19.0 Å². The number of hydrogen-bond donors (Lipinski definition) is 1. The number of amides is 1. The van der Waals surface area contributed by atoms with Crippen LogP contribution in [0, 0.1) is 0 Å². The molecule has 3 nitrogen and oxygen atoms in total. The lowest BCUT2D eigenvalue weighted by Gasteiger charge is -2.15. The van der Waals surface area contributed by atoms with Gasteiger partial charge in [-0.25, -0.2) is 0 Å². The predicted molar refractivity (Wildman–Crippen MR) is 99.0 cm³/mol. The highest BCUT2D eigenvalue weighted by Crippen LogP contribution is 2.31. The van der Waals surface area contributed by atoms with Crippen molar-refractivity contribution >= 4 is 22.4 Å². The van der Waals surface area contributed by atoms with Crippen LogP contribution in [0.4, 0.5) is 18.9 Å². The molecule has 0 bridgehead atoms. The molecule has 0 unspecified atom stereocenters. The first-order valence-corrected chi connectivity index (χ1v) is 8.34. The van der Waals surface area contributed by atoms with Crippen LogP contribution in [-0.4, -0.2) is 13.0 Å². The molecule has 3 rings (SSSR count). The van der Waals surface area contributed by atoms with Crippen molar-refractivity contribution < 1.29 is 22.7 Å². The van der Waals surface area contributed by atoms with Gasteiger partial charge in [0.2, 0.25) is 5.91 Å². The van der Waals surface area contributed by atoms with E-state index in [2.05, 4.69) is 5.32 Å². The van der Waals surface area contributed by atoms with E-state index in [1.165, 1.54) is 12.1 Å². The standard InChI is InChI=1S/C21H18F3NO2/c1-13(14-6-7-16-11-19(27-2)9-8-15(16)10-14)20(26)25-18-5-3-4-17(12-18)21(22,23)24/h3-13H,1-2H3,(H,25,26)/t13-/m0/s1. The molecular weight excluding hydrogens is 355 g/mol. The second-order valence-electron chi connectivity index (χ2n) is 6.26. The molecule has 0 heterocycles. The first-order valence-electron chi connectivity index (χ1n) is 8.34. The molecule has 0 aliphatic carbocycles. The molecule has 0 aliphatic heterocycles. The molecule has 0 aromatic heterocycles. The van der Waals surface area contributed by atoms with Gasteiger partial charge in [-0.05, 0) is 53.6 Å². The molecule has 1 N–H and O–H groups in total. The minimum atomic E-state index is -4.45. The number of carbonyl (C=O) groups excluding carboxylic acids is 1. The summed E-state index contributed by atoms with van der Waals surface area (Å²) in [6, 6.07) is 15.8. The van der Waals surface area contributed by atoms with E-state index < -0.39 is 17.7 Å². The fourth-order valence-electron chi connectivity index (χ4n) is 2.81. The van der Waals surface area contributed by atoms with Gasteiger partial charge >= 0.3 is 6.18 Å². The molecule has 0 spiro atoms. The third kappa shape index (κ3) is 4.22. The minimum Gasteiger partial charge on any atom is -0.497 e. The Balaban J connectivity index is 1.80. The maximum Gasteiger partial charge on any atom is 0.416 e. The molecule has 27 heavy (non-hydrogen) atoms. The second-order valence-corrected chi connectivity index (χ2v) is 6.26. The third-order valence-electron chi connectivity index (χ3n) is 4.42. The number of halogens is 3. The summed E-state index contributed by atoms with van der Waals surface area (Å²) in [6.45, 7) is 1.72. The first-order chi connectivity index (χ1) is 12.8. The summed E-state index contributed by atoms with van der Waals surface area (Å²) < 4.78 is 43.6. The highest BCUT2D eigenvalue weighted by Gasteiger charge is 2.30. The molecule has 0 saturated heterocycles. The van der Waals surface area contributed by atoms with Gasteiger partial charge in [0.15, 0.2) is 0 Å². The zero-order valence-electron chi connectivity index (χ0n) is 14.8. The first kappa shape index (κ1) is 18.8. The summed E-state index contributed by atoms with van der Waals surface area (Å²) in [6.07, 6.45) is -4.45. The summed E-state index contributed by atoms with van der Waals surface area (Å²) in [5, 5.41) is 4.49. The number of ether oxygens (including phenoxy) is 1. The number of rotatable bonds is 4. The molecule has 1 amide bonds. The topological polar surface area (TPSA) is 38.3 Å². The fraction of sp³-hybridized carbons (Fsp3) is 0.190. The summed E-state index contributed by atoms with van der Waals surface area (Å²) in [4.78, 5) is 12.5. The van der Waals surface area contributed by atoms with Gasteiger partial charge in [-0.3, -0.25) is 4.79 Å². The van der Waals surface area contributed by atoms with E-state index in [1.54, 1.807) is 14.0 Å². The van der Waals surface area contributed by atoms with Gasteiger partial charge in [0.05, 0.1) is 18.6 Å². The summed E-state index contributed by atoms with van der Waals surface area (Å²) >= 11 is 0. The molecule has 3 aromatic carbocycles. The van der Waals surface area contributed by atoms with Crippen molar-refractivity contribution in [2.24, 2.45) is 0 Å². The summed E-state index contributed by atoms with van der Waals surface area (Å²) in [5.74, 6) is -0.154. The molecule has 1 atom stereocenters. The largest absolute Gasteiger partial charge is 0.497 e. The number of carbonyl (C=O) groups is 1. The maximum absolute atomic E-state index is 12.8. The van der Waals surface area contributed by atoms with Crippen LogP contribution >= 0.6 is 0 Å². The van der Waals surface area contributed by atoms with Gasteiger partial charge in [0.1, 0.15) is 5.75 Å². The van der Waals surface area contributed by atoms with E-state index in [0.717, 1.165) is 34.2 Å². The van der Waals surface area contributed by atoms with Crippen molar-refractivity contribution in [2.75, 3.05) is 12.4 Å². The number of methoxy groups -OCH3 is 1. The number of anilines is 1. The Hall–Kier alpha value is -3.02. The molecular formula is C21H18F3NO2. The Morgan fingerprint density at radius 2 is 1.70 bits per heavy atom. The SMILES string of the molecule is COc1ccc2cc([C@H](C)C(=O)Nc3cccc(C(F)(F)F)c3)ccc2c1. The molecule has 0 radical (unpaired) electrons. The van der Waals surface area contributed by atoms with Crippen molar-refractivity contribution in [3.8, 4) is 5.75 Å². The maximum atomic E-state index is 12.8. The summed E-state index contributed by atoms with van der Waals surface area (Å²) in [7, 11) is 1.59. The van der Waals surface area contributed by atoms with E-state index in [4.69, 9.17) is 4.74 Å². The van der Waals surface area contributed by atoms with Gasteiger partial charge in [0.25, 0.3) is 0 Å². The average Bonchev–Trinajstić information content (AvgIpc) is 2.66. The van der Waals surface area contributed by atoms with Gasteiger partial charge in [-0.2, -0.15) is 13.2 Å². The Labute approximate surface area is 154 Å². The lowest BCUT2D eigenvalue weighted by molar-refractivity contribution is -0.137. The van der Waals surface area contributed by atoms with Gasteiger partial charge < -0.3 is 10.1 Å². The Bertz CT molecular complexity index is 983. The van der Waals surface area contributed by atoms with Crippen LogP contribution in [0.15, 0.2) is 60.7 Å². The van der Waals surface area contributed by atoms with Crippen LogP contribution in [0.2, 0.25) is 0 Å². The van der Waals surface area contributed by atoms with Crippen molar-refractivity contribution in [1.29, 1.82) is 0 Å². The van der Waals surface area contributed by atoms with Crippen LogP contribution in [0.25, 0.3) is 10.8 Å². The van der Waals surface area contributed by atoms with E-state index in [1.807, 2.05) is 36.4 Å². The van der Waals surface area contributed by atoms with Gasteiger partial charge in [-0.1, -0.05) is 30.3 Å². The number of fused-ring (bicyclic) bond motifs is 1. The monoisotopic (exact) mass is 373 g/mol. The lowest BCUT2D eigenvalue weighted by atomic mass is 9.97. The van der Waals surface area contributed by atoms with Crippen molar-refractivity contribution in [3.05, 3.63) is 71.8 Å². The Kier molecular flexibility index (Phi) is 5.08. The molecule has 6 heteroatoms. The van der Waals surface area contributed by atoms with E-state index in [0.29, 0.717) is 0 Å². The molecule has 3 aromatic rings. The normalized spacial score (nSPS) is 12.6. The lowest BCUT2D eigenvalue weighted by Crippen LogP contribution is -2.19. The zero-order valence-corrected chi connectivity index (χ0v) is 14.8. The Morgan fingerprint density at radius 1 is 1.00 bits per heavy atom. The molecule has 0 aliphatic rings. The smallest absolute Gasteiger partial charge is 0.416 e. The zero-order chi connectivity index (χ0) is 19.6. The number of hydrogen-bond acceptors (Lipinski definition) is 2. The third-order valence-corrected chi connectivity index (χ3v) is 4.42. The summed E-state index contributed by atoms with van der Waals surface area (Å²) in [5.41, 5.74) is 0.0944. The predicted octanol–water partition coefficient (Wildman–Crippen LogP) is 5.61. The number of alkyl halides is 3. The van der Waals surface area contributed by atoms with Crippen molar-refractivity contribution in [1.82, 2.24) is 0 Å². The highest BCUT2D eigenvalue weighted by atomic mass is 19.4. The molecule has 0 saturated carbocycles. The van der Waals surface area contributed by atoms with E-state index in [9.17, 15) is 18.0 Å². The van der Waals surface area contributed by atoms with Crippen LogP contribution in [-0.2, 0) is 11.0 Å². The average molecular weight is 373 g/mol. The van der Waals surface area contributed by atoms with Crippen LogP contribution in [0.3, 0.4) is 0 Å². The quantitative estimate of drug-likeness (QED) is 0.646. The molecule has 0 fully saturated rings. The van der Waals surface area contributed by atoms with Crippen molar-refractivity contribution in [3.63, 3.8) is 0 Å². The van der Waals surface area contributed by atoms with E-state index in [-0.39, 0.29) is 11.6 Å². The molecule has 140 valence electrons. The Morgan fingerprint density at radius 3 is 2.41 bits per heavy atom. The van der Waals surface area contributed by atoms with Crippen LogP contribution < -0.4 is 10.1 Å². The number of nitrogens with one attached hydrogen (secondary N) is 1. The van der Waals surface area contributed by atoms with Crippen LogP contribution in [0.1, 0.15) is 24.0 Å². The minimum absolute atomic E-state index is 0.118.